The lowest BCUT2D eigenvalue weighted by Gasteiger charge is -2.36. The number of rotatable bonds is 28. The first-order valence-corrected chi connectivity index (χ1v) is 45.6. The highest BCUT2D eigenvalue weighted by molar-refractivity contribution is 5.93. The second-order valence-electron chi connectivity index (χ2n) is 41.4. The summed E-state index contributed by atoms with van der Waals surface area (Å²) in [6.07, 6.45) is 6.06. The molecule has 18 rings (SSSR count). The summed E-state index contributed by atoms with van der Waals surface area (Å²) in [6.45, 7) is 45.4. The van der Waals surface area contributed by atoms with E-state index >= 15 is 0 Å². The fourth-order valence-electron chi connectivity index (χ4n) is 24.0. The minimum absolute atomic E-state index is 0.00297. The molecule has 0 aromatic carbocycles. The maximum Gasteiger partial charge on any atom is 0.350 e. The average molecular weight is 1860 g/mol. The molecule has 36 nitrogen and oxygen atoms in total. The van der Waals surface area contributed by atoms with Gasteiger partial charge in [-0.3, -0.25) is 47.9 Å². The number of carbonyl (C=O) groups is 18. The molecular formula is C97H122O36. The zero-order valence-corrected chi connectivity index (χ0v) is 78.0. The molecule has 0 aromatic heterocycles. The second-order valence-corrected chi connectivity index (χ2v) is 41.4. The Morgan fingerprint density at radius 3 is 1.11 bits per heavy atom. The number of hydrogen-bond acceptors (Lipinski definition) is 36. The van der Waals surface area contributed by atoms with Gasteiger partial charge in [0.05, 0.1) is 61.2 Å². The number of esters is 18. The van der Waals surface area contributed by atoms with Crippen LogP contribution in [0.25, 0.3) is 0 Å². The zero-order valence-electron chi connectivity index (χ0n) is 78.0. The Bertz CT molecular complexity index is 4830. The van der Waals surface area contributed by atoms with E-state index in [0.717, 1.165) is 64.2 Å². The normalized spacial score (nSPS) is 37.3. The van der Waals surface area contributed by atoms with Gasteiger partial charge in [-0.1, -0.05) is 53.3 Å². The van der Waals surface area contributed by atoms with E-state index in [4.69, 9.17) is 85.3 Å². The molecule has 6 saturated heterocycles. The Hall–Kier alpha value is -11.1. The smallest absolute Gasteiger partial charge is 0.350 e. The quantitative estimate of drug-likeness (QED) is 0.0401. The number of carbonyl (C=O) groups excluding carboxylic acids is 18. The fraction of sp³-hybridized carbons (Fsp3) is 0.691. The first-order chi connectivity index (χ1) is 62.0. The maximum absolute atomic E-state index is 12.5. The summed E-state index contributed by atoms with van der Waals surface area (Å²) in [5, 5.41) is 0. The summed E-state index contributed by atoms with van der Waals surface area (Å²) in [4.78, 5) is 212. The Kier molecular flexibility index (Phi) is 27.9. The van der Waals surface area contributed by atoms with E-state index in [9.17, 15) is 86.3 Å². The molecular weight excluding hydrogens is 1740 g/mol. The highest BCUT2D eigenvalue weighted by Crippen LogP contribution is 2.67. The Balaban J connectivity index is 0.000000136. The van der Waals surface area contributed by atoms with E-state index in [2.05, 4.69) is 39.5 Å². The lowest BCUT2D eigenvalue weighted by molar-refractivity contribution is -0.193. The van der Waals surface area contributed by atoms with Gasteiger partial charge in [0, 0.05) is 103 Å². The molecule has 726 valence electrons. The predicted molar refractivity (Wildman–Crippen MR) is 451 cm³/mol. The van der Waals surface area contributed by atoms with Gasteiger partial charge in [-0.05, 0) is 167 Å². The molecule has 18 aliphatic rings. The van der Waals surface area contributed by atoms with Crippen molar-refractivity contribution < 1.29 is 172 Å². The first kappa shape index (κ1) is 99.4. The predicted octanol–water partition coefficient (Wildman–Crippen LogP) is 8.66. The summed E-state index contributed by atoms with van der Waals surface area (Å²) < 4.78 is 95.8. The van der Waals surface area contributed by atoms with Crippen LogP contribution in [0.1, 0.15) is 207 Å². The molecule has 6 heterocycles. The van der Waals surface area contributed by atoms with Crippen LogP contribution in [0, 0.1) is 106 Å². The van der Waals surface area contributed by atoms with E-state index in [-0.39, 0.29) is 264 Å². The summed E-state index contributed by atoms with van der Waals surface area (Å²) in [5.41, 5.74) is -3.88. The molecule has 12 aliphatic carbocycles. The minimum atomic E-state index is -1.42. The molecule has 12 saturated carbocycles. The second kappa shape index (κ2) is 37.3. The SMILES string of the molecule is C=C(C)C(=O)OC(C)(C)C(=O)OC1C2CC3C(=O)OC1(C)C3C2.C=C(C)C(=O)OC(C)(C)C(=O)OC1C2OC(=O)C3CC1(C)CC32.C=C(C)C(=O)OCCC(=O)OC1(C)C2CC3C(=O)OC1C3C2.C=C(C)C(=O)OCCC(=O)OC1C2CC3C(=O)OC1(C)C3C2.C=C(C)C(=O)OCCC(=O)OC1C2CC3C(=O)OC1C3C2.C=C(C)C(=O)OCCC(=O)OC1C2OC(=O)C3CC1(C)CC32. The average Bonchev–Trinajstić information content (AvgIpc) is 1.58. The first-order valence-electron chi connectivity index (χ1n) is 45.6. The topological polar surface area (TPSA) is 473 Å². The van der Waals surface area contributed by atoms with Crippen molar-refractivity contribution in [3.63, 3.8) is 0 Å². The lowest BCUT2D eigenvalue weighted by Crippen LogP contribution is -2.50. The van der Waals surface area contributed by atoms with Crippen molar-refractivity contribution in [1.29, 1.82) is 0 Å². The van der Waals surface area contributed by atoms with Gasteiger partial charge in [0.15, 0.2) is 0 Å². The Morgan fingerprint density at radius 1 is 0.346 bits per heavy atom. The molecule has 0 N–H and O–H groups in total. The van der Waals surface area contributed by atoms with Gasteiger partial charge < -0.3 is 85.3 Å². The van der Waals surface area contributed by atoms with Crippen LogP contribution in [0.2, 0.25) is 0 Å². The van der Waals surface area contributed by atoms with E-state index < -0.39 is 112 Å². The molecule has 30 unspecified atom stereocenters. The van der Waals surface area contributed by atoms with E-state index in [1.165, 1.54) is 41.5 Å². The summed E-state index contributed by atoms with van der Waals surface area (Å²) >= 11 is 0. The summed E-state index contributed by atoms with van der Waals surface area (Å²) in [5.74, 6) is -5.90. The number of fused-ring (bicyclic) bond motifs is 6. The molecule has 18 fully saturated rings. The summed E-state index contributed by atoms with van der Waals surface area (Å²) in [7, 11) is 0. The van der Waals surface area contributed by atoms with E-state index in [1.807, 2.05) is 34.6 Å². The third-order valence-electron chi connectivity index (χ3n) is 30.5. The van der Waals surface area contributed by atoms with Crippen LogP contribution in [0.4, 0.5) is 0 Å². The van der Waals surface area contributed by atoms with Crippen LogP contribution < -0.4 is 0 Å². The third-order valence-corrected chi connectivity index (χ3v) is 30.5. The van der Waals surface area contributed by atoms with Gasteiger partial charge in [-0.2, -0.15) is 0 Å². The highest BCUT2D eigenvalue weighted by atomic mass is 16.7. The highest BCUT2D eigenvalue weighted by Gasteiger charge is 2.75. The molecule has 0 spiro atoms. The van der Waals surface area contributed by atoms with Crippen molar-refractivity contribution in [3.8, 4) is 0 Å². The van der Waals surface area contributed by atoms with Crippen LogP contribution in [-0.4, -0.2) is 217 Å². The summed E-state index contributed by atoms with van der Waals surface area (Å²) in [6, 6.07) is 0. The molecule has 30 atom stereocenters. The van der Waals surface area contributed by atoms with Crippen molar-refractivity contribution in [2.45, 2.75) is 290 Å². The molecule has 0 aromatic rings. The van der Waals surface area contributed by atoms with E-state index in [1.54, 1.807) is 27.7 Å². The zero-order chi connectivity index (χ0) is 97.7. The van der Waals surface area contributed by atoms with Crippen LogP contribution in [0.15, 0.2) is 72.9 Å². The Morgan fingerprint density at radius 2 is 0.692 bits per heavy atom. The van der Waals surface area contributed by atoms with Gasteiger partial charge in [0.2, 0.25) is 11.2 Å². The monoisotopic (exact) mass is 1860 g/mol. The largest absolute Gasteiger partial charge is 0.462 e. The standard InChI is InChI=1S/2C17H22O6.3C16H20O6.C15H18O6/c1-8(2)13(18)23-16(3,4)15(20)22-12-11-9-6-17(12,5)7-10(9)14(19)21-11;1-8(2)13(18)22-16(3,4)15(20)21-12-9-6-10-11(7-9)17(12,5)23-14(10)19;1-8(2)14(18)20-5-4-11(17)21-13-12-9-6-16(13,3)7-10(9)15(19)22-12;1-8(2)14(18)20-5-4-12(17)22-16(3)9-6-10-11(7-9)15(19)21-13(10)16;1-8(2)14(18)20-5-4-12(17)21-13-9-6-10-11(7-9)16(13,3)22-15(10)19;1-7(2)14(17)19-4-3-11(16)20-12-8-5-9-10(6-8)15(18)21-13(9)12/h2*9-12H,1,6-7H2,2-5H3;9-10,12-13H,1,4-7H2,2-3H3;2*9-11,13H,1,4-7H2,2-3H3;8-10,12-13H,1,3-6H2,2H3. The van der Waals surface area contributed by atoms with Gasteiger partial charge in [-0.25, -0.2) is 38.4 Å². The lowest BCUT2D eigenvalue weighted by atomic mass is 9.79. The van der Waals surface area contributed by atoms with Gasteiger partial charge >= 0.3 is 107 Å². The minimum Gasteiger partial charge on any atom is -0.462 e. The van der Waals surface area contributed by atoms with Crippen LogP contribution in [0.5, 0.6) is 0 Å². The van der Waals surface area contributed by atoms with Gasteiger partial charge in [0.1, 0.15) is 98.2 Å². The molecule has 36 heteroatoms. The molecule has 133 heavy (non-hydrogen) atoms. The van der Waals surface area contributed by atoms with Crippen molar-refractivity contribution in [1.82, 2.24) is 0 Å². The molecule has 0 radical (unpaired) electrons. The van der Waals surface area contributed by atoms with Crippen LogP contribution in [0.3, 0.4) is 0 Å². The van der Waals surface area contributed by atoms with Crippen molar-refractivity contribution in [2.75, 3.05) is 26.4 Å². The van der Waals surface area contributed by atoms with Gasteiger partial charge in [-0.15, -0.1) is 0 Å². The number of ether oxygens (including phenoxy) is 18. The van der Waals surface area contributed by atoms with Gasteiger partial charge in [0.25, 0.3) is 0 Å². The number of hydrogen-bond donors (Lipinski definition) is 0. The fourth-order valence-corrected chi connectivity index (χ4v) is 24.0. The third kappa shape index (κ3) is 19.3. The van der Waals surface area contributed by atoms with Crippen LogP contribution >= 0.6 is 0 Å². The maximum atomic E-state index is 12.5. The van der Waals surface area contributed by atoms with Crippen molar-refractivity contribution in [2.24, 2.45) is 106 Å². The Labute approximate surface area is 770 Å². The van der Waals surface area contributed by atoms with Crippen LogP contribution in [-0.2, 0) is 172 Å². The van der Waals surface area contributed by atoms with Crippen molar-refractivity contribution in [3.05, 3.63) is 72.9 Å². The molecule has 12 bridgehead atoms. The molecule has 6 aliphatic heterocycles. The van der Waals surface area contributed by atoms with Crippen molar-refractivity contribution >= 4 is 107 Å². The van der Waals surface area contributed by atoms with E-state index in [0.29, 0.717) is 18.4 Å². The molecule has 0 amide bonds.